The number of thiazole rings is 1. The summed E-state index contributed by atoms with van der Waals surface area (Å²) in [5.74, 6) is -0.511. The van der Waals surface area contributed by atoms with E-state index in [1.807, 2.05) is 5.38 Å². The summed E-state index contributed by atoms with van der Waals surface area (Å²) < 4.78 is 5.40. The van der Waals surface area contributed by atoms with Crippen molar-refractivity contribution in [2.45, 2.75) is 6.04 Å². The van der Waals surface area contributed by atoms with Gasteiger partial charge in [0.15, 0.2) is 10.8 Å². The number of hydrogen-bond acceptors (Lipinski definition) is 7. The molecule has 0 radical (unpaired) electrons. The molecule has 1 atom stereocenters. The Labute approximate surface area is 181 Å². The highest BCUT2D eigenvalue weighted by Gasteiger charge is 2.33. The van der Waals surface area contributed by atoms with Crippen molar-refractivity contribution in [2.24, 2.45) is 4.99 Å². The van der Waals surface area contributed by atoms with Crippen molar-refractivity contribution in [1.82, 2.24) is 15.2 Å². The van der Waals surface area contributed by atoms with E-state index in [1.165, 1.54) is 11.3 Å². The van der Waals surface area contributed by atoms with E-state index in [4.69, 9.17) is 27.9 Å². The van der Waals surface area contributed by atoms with Crippen LogP contribution in [-0.4, -0.2) is 59.6 Å². The van der Waals surface area contributed by atoms with Crippen molar-refractivity contribution in [3.8, 4) is 0 Å². The number of ether oxygens (including phenoxy) is 1. The molecule has 3 heterocycles. The second-order valence-electron chi connectivity index (χ2n) is 6.59. The van der Waals surface area contributed by atoms with Crippen LogP contribution in [0.1, 0.15) is 16.6 Å². The first-order valence-corrected chi connectivity index (χ1v) is 10.6. The fourth-order valence-corrected chi connectivity index (χ4v) is 4.45. The molecule has 2 aromatic rings. The van der Waals surface area contributed by atoms with E-state index in [9.17, 15) is 9.90 Å². The predicted molar refractivity (Wildman–Crippen MR) is 113 cm³/mol. The fourth-order valence-electron chi connectivity index (χ4n) is 3.35. The zero-order valence-electron chi connectivity index (χ0n) is 15.3. The number of amidine groups is 1. The molecule has 29 heavy (non-hydrogen) atoms. The predicted octanol–water partition coefficient (Wildman–Crippen LogP) is 3.21. The van der Waals surface area contributed by atoms with E-state index >= 15 is 0 Å². The van der Waals surface area contributed by atoms with Crippen LogP contribution in [0.5, 0.6) is 0 Å². The number of benzene rings is 1. The number of carbonyl (C=O) groups is 1. The summed E-state index contributed by atoms with van der Waals surface area (Å²) in [6, 6.07) is 4.23. The molecule has 2 N–H and O–H groups in total. The normalized spacial score (nSPS) is 20.3. The van der Waals surface area contributed by atoms with Crippen LogP contribution in [0.4, 0.5) is 0 Å². The number of carboxylic acids is 1. The minimum Gasteiger partial charge on any atom is -0.478 e. The monoisotopic (exact) mass is 452 g/mol. The first-order valence-electron chi connectivity index (χ1n) is 8.99. The molecule has 2 aliphatic rings. The number of nitrogens with one attached hydrogen (secondary N) is 1. The molecule has 152 valence electrons. The molecule has 0 aliphatic carbocycles. The average Bonchev–Trinajstić information content (AvgIpc) is 3.23. The molecule has 7 nitrogen and oxygen atoms in total. The highest BCUT2D eigenvalue weighted by Crippen LogP contribution is 2.37. The van der Waals surface area contributed by atoms with Crippen LogP contribution >= 0.6 is 34.5 Å². The van der Waals surface area contributed by atoms with Crippen LogP contribution in [0.15, 0.2) is 46.0 Å². The number of halogens is 2. The average molecular weight is 453 g/mol. The maximum atomic E-state index is 12.3. The van der Waals surface area contributed by atoms with Crippen LogP contribution in [0.3, 0.4) is 0 Å². The number of hydrogen-bond donors (Lipinski definition) is 2. The Bertz CT molecular complexity index is 972. The van der Waals surface area contributed by atoms with E-state index in [0.29, 0.717) is 51.9 Å². The van der Waals surface area contributed by atoms with Crippen LogP contribution < -0.4 is 5.32 Å². The summed E-state index contributed by atoms with van der Waals surface area (Å²) in [4.78, 5) is 23.4. The van der Waals surface area contributed by atoms with E-state index in [2.05, 4.69) is 20.2 Å². The number of nitrogens with zero attached hydrogens (tertiary/aromatic N) is 3. The number of aliphatic imine (C=N–C) groups is 1. The molecule has 1 fully saturated rings. The Morgan fingerprint density at radius 3 is 2.79 bits per heavy atom. The van der Waals surface area contributed by atoms with Gasteiger partial charge in [-0.3, -0.25) is 9.89 Å². The van der Waals surface area contributed by atoms with E-state index in [1.54, 1.807) is 24.4 Å². The Kier molecular flexibility index (Phi) is 6.17. The topological polar surface area (TPSA) is 87.0 Å². The quantitative estimate of drug-likeness (QED) is 0.723. The zero-order chi connectivity index (χ0) is 20.4. The lowest BCUT2D eigenvalue weighted by Gasteiger charge is -2.32. The lowest BCUT2D eigenvalue weighted by molar-refractivity contribution is -0.133. The second-order valence-corrected chi connectivity index (χ2v) is 8.33. The zero-order valence-corrected chi connectivity index (χ0v) is 17.6. The molecule has 1 unspecified atom stereocenters. The third-order valence-corrected chi connectivity index (χ3v) is 6.08. The van der Waals surface area contributed by atoms with Gasteiger partial charge in [0, 0.05) is 52.5 Å². The molecule has 4 rings (SSSR count). The van der Waals surface area contributed by atoms with Crippen molar-refractivity contribution in [3.63, 3.8) is 0 Å². The molecule has 0 saturated carbocycles. The molecule has 0 amide bonds. The second kappa shape index (κ2) is 8.81. The van der Waals surface area contributed by atoms with Crippen molar-refractivity contribution in [1.29, 1.82) is 0 Å². The van der Waals surface area contributed by atoms with Gasteiger partial charge in [-0.05, 0) is 12.1 Å². The third-order valence-electron chi connectivity index (χ3n) is 4.73. The van der Waals surface area contributed by atoms with Crippen molar-refractivity contribution in [2.75, 3.05) is 32.8 Å². The van der Waals surface area contributed by atoms with E-state index in [0.717, 1.165) is 13.1 Å². The molecule has 1 aromatic carbocycles. The van der Waals surface area contributed by atoms with E-state index in [-0.39, 0.29) is 5.57 Å². The Morgan fingerprint density at radius 2 is 2.14 bits per heavy atom. The number of morpholine rings is 1. The minimum absolute atomic E-state index is 0.168. The summed E-state index contributed by atoms with van der Waals surface area (Å²) in [6.45, 7) is 3.14. The lowest BCUT2D eigenvalue weighted by Crippen LogP contribution is -2.43. The summed E-state index contributed by atoms with van der Waals surface area (Å²) in [5, 5.41) is 16.6. The Hall–Kier alpha value is -1.97. The summed E-state index contributed by atoms with van der Waals surface area (Å²) in [7, 11) is 0. The number of aromatic nitrogens is 1. The largest absolute Gasteiger partial charge is 0.478 e. The van der Waals surface area contributed by atoms with Crippen molar-refractivity contribution < 1.29 is 14.6 Å². The molecule has 10 heteroatoms. The first-order chi connectivity index (χ1) is 14.0. The maximum absolute atomic E-state index is 12.3. The van der Waals surface area contributed by atoms with Crippen molar-refractivity contribution >= 4 is 46.3 Å². The summed E-state index contributed by atoms with van der Waals surface area (Å²) in [5.41, 5.74) is 1.33. The van der Waals surface area contributed by atoms with Gasteiger partial charge >= 0.3 is 5.97 Å². The number of rotatable bonds is 5. The molecule has 1 saturated heterocycles. The molecule has 0 bridgehead atoms. The van der Waals surface area contributed by atoms with Crippen LogP contribution in [0.2, 0.25) is 10.0 Å². The molecular weight excluding hydrogens is 435 g/mol. The van der Waals surface area contributed by atoms with Gasteiger partial charge < -0.3 is 15.2 Å². The highest BCUT2D eigenvalue weighted by atomic mass is 35.5. The third kappa shape index (κ3) is 4.46. The SMILES string of the molecule is O=C(O)C1=C(CN2CCOCC2)NC(c2nccs2)=NC1c1ccc(Cl)cc1Cl. The maximum Gasteiger partial charge on any atom is 0.335 e. The standard InChI is InChI=1S/C19H18Cl2N4O3S/c20-11-1-2-12(13(21)9-11)16-15(19(26)27)14(10-25-4-6-28-7-5-25)23-17(24-16)18-22-3-8-29-18/h1-3,8-9,16H,4-7,10H2,(H,23,24)(H,26,27). The Balaban J connectivity index is 1.79. The van der Waals surface area contributed by atoms with Crippen LogP contribution in [-0.2, 0) is 9.53 Å². The molecule has 1 aromatic heterocycles. The van der Waals surface area contributed by atoms with Gasteiger partial charge in [0.25, 0.3) is 0 Å². The smallest absolute Gasteiger partial charge is 0.335 e. The van der Waals surface area contributed by atoms with Crippen LogP contribution in [0.25, 0.3) is 0 Å². The van der Waals surface area contributed by atoms with Gasteiger partial charge in [-0.15, -0.1) is 11.3 Å². The number of aliphatic carboxylic acids is 1. The van der Waals surface area contributed by atoms with Gasteiger partial charge in [-0.25, -0.2) is 9.78 Å². The molecule has 0 spiro atoms. The number of carboxylic acid groups (broad SMARTS) is 1. The first kappa shape index (κ1) is 20.3. The summed E-state index contributed by atoms with van der Waals surface area (Å²) >= 11 is 13.9. The fraction of sp³-hybridized carbons (Fsp3) is 0.316. The summed E-state index contributed by atoms with van der Waals surface area (Å²) in [6.07, 6.45) is 1.69. The lowest BCUT2D eigenvalue weighted by atomic mass is 9.95. The van der Waals surface area contributed by atoms with Gasteiger partial charge in [0.2, 0.25) is 0 Å². The minimum atomic E-state index is -1.04. The van der Waals surface area contributed by atoms with Gasteiger partial charge in [0.05, 0.1) is 18.8 Å². The Morgan fingerprint density at radius 1 is 1.34 bits per heavy atom. The molecule has 2 aliphatic heterocycles. The van der Waals surface area contributed by atoms with Gasteiger partial charge in [-0.1, -0.05) is 29.3 Å². The van der Waals surface area contributed by atoms with Gasteiger partial charge in [-0.2, -0.15) is 0 Å². The van der Waals surface area contributed by atoms with E-state index < -0.39 is 12.0 Å². The van der Waals surface area contributed by atoms with Gasteiger partial charge in [0.1, 0.15) is 6.04 Å². The van der Waals surface area contributed by atoms with Crippen LogP contribution in [0, 0.1) is 0 Å². The highest BCUT2D eigenvalue weighted by molar-refractivity contribution is 7.11. The molecular formula is C19H18Cl2N4O3S. The van der Waals surface area contributed by atoms with Crippen molar-refractivity contribution in [3.05, 3.63) is 61.7 Å².